The minimum Gasteiger partial charge on any atom is -0.454 e. The lowest BCUT2D eigenvalue weighted by Gasteiger charge is -2.06. The maximum absolute atomic E-state index is 5.25. The van der Waals surface area contributed by atoms with Gasteiger partial charge < -0.3 is 9.47 Å². The molecule has 1 aliphatic heterocycles. The summed E-state index contributed by atoms with van der Waals surface area (Å²) in [7, 11) is 0. The summed E-state index contributed by atoms with van der Waals surface area (Å²) in [5.41, 5.74) is 0. The fraction of sp³-hybridized carbons (Fsp3) is 0.429. The summed E-state index contributed by atoms with van der Waals surface area (Å²) in [5.74, 6) is 1.91. The zero-order valence-electron chi connectivity index (χ0n) is 5.39. The molecule has 0 aromatic carbocycles. The average Bonchev–Trinajstić information content (AvgIpc) is 2.36. The molecule has 2 rings (SSSR count). The summed E-state index contributed by atoms with van der Waals surface area (Å²) in [4.78, 5) is 0. The van der Waals surface area contributed by atoms with Gasteiger partial charge in [0.05, 0.1) is 0 Å². The molecule has 2 aliphatic rings. The predicted molar refractivity (Wildman–Crippen MR) is 45.4 cm³/mol. The van der Waals surface area contributed by atoms with E-state index >= 15 is 0 Å². The van der Waals surface area contributed by atoms with Crippen LogP contribution in [0.15, 0.2) is 21.2 Å². The second-order valence-electron chi connectivity index (χ2n) is 2.25. The monoisotopic (exact) mass is 250 g/mol. The largest absolute Gasteiger partial charge is 0.454 e. The second-order valence-corrected chi connectivity index (χ2v) is 3.55. The molecule has 54 valence electrons. The lowest BCUT2D eigenvalue weighted by atomic mass is 10.1. The van der Waals surface area contributed by atoms with Crippen LogP contribution in [-0.4, -0.2) is 6.79 Å². The first kappa shape index (κ1) is 6.52. The summed E-state index contributed by atoms with van der Waals surface area (Å²) >= 11 is 2.31. The van der Waals surface area contributed by atoms with E-state index in [1.165, 1.54) is 3.58 Å². The van der Waals surface area contributed by atoms with Gasteiger partial charge in [0.1, 0.15) is 0 Å². The topological polar surface area (TPSA) is 18.5 Å². The molecule has 0 spiro atoms. The minimum atomic E-state index is 0.396. The maximum Gasteiger partial charge on any atom is 0.231 e. The quantitative estimate of drug-likeness (QED) is 0.614. The molecule has 0 bridgehead atoms. The summed E-state index contributed by atoms with van der Waals surface area (Å²) in [6.07, 6.45) is 4.27. The van der Waals surface area contributed by atoms with Gasteiger partial charge in [-0.25, -0.2) is 0 Å². The van der Waals surface area contributed by atoms with E-state index in [2.05, 4.69) is 28.7 Å². The number of hydrogen-bond donors (Lipinski definition) is 0. The summed E-state index contributed by atoms with van der Waals surface area (Å²) in [5, 5.41) is 0. The number of hydrogen-bond acceptors (Lipinski definition) is 2. The Labute approximate surface area is 73.0 Å². The summed E-state index contributed by atoms with van der Waals surface area (Å²) in [6, 6.07) is 0. The van der Waals surface area contributed by atoms with Crippen molar-refractivity contribution < 1.29 is 9.47 Å². The first-order chi connectivity index (χ1) is 4.88. The minimum absolute atomic E-state index is 0.396. The molecule has 0 N–H and O–H groups in total. The Bertz CT molecular complexity index is 212. The third-order valence-electron chi connectivity index (χ3n) is 1.58. The van der Waals surface area contributed by atoms with Gasteiger partial charge in [-0.15, -0.1) is 0 Å². The van der Waals surface area contributed by atoms with Crippen molar-refractivity contribution in [3.63, 3.8) is 0 Å². The highest BCUT2D eigenvalue weighted by Gasteiger charge is 2.22. The standard InChI is InChI=1S/C7H7IO2/c8-5-2-1-3-6-7(5)10-4-9-6/h3H,1-2,4H2. The molecule has 0 atom stereocenters. The van der Waals surface area contributed by atoms with Crippen LogP contribution in [0.4, 0.5) is 0 Å². The van der Waals surface area contributed by atoms with Crippen LogP contribution < -0.4 is 0 Å². The fourth-order valence-electron chi connectivity index (χ4n) is 1.10. The number of rotatable bonds is 0. The molecule has 1 saturated heterocycles. The lowest BCUT2D eigenvalue weighted by molar-refractivity contribution is 0.0977. The van der Waals surface area contributed by atoms with E-state index in [9.17, 15) is 0 Å². The Balaban J connectivity index is 2.38. The van der Waals surface area contributed by atoms with Crippen LogP contribution in [0, 0.1) is 0 Å². The van der Waals surface area contributed by atoms with Crippen LogP contribution in [0.3, 0.4) is 0 Å². The lowest BCUT2D eigenvalue weighted by Crippen LogP contribution is -1.92. The first-order valence-electron chi connectivity index (χ1n) is 3.23. The van der Waals surface area contributed by atoms with E-state index in [4.69, 9.17) is 9.47 Å². The van der Waals surface area contributed by atoms with Gasteiger partial charge in [-0.1, -0.05) is 0 Å². The Morgan fingerprint density at radius 2 is 2.30 bits per heavy atom. The summed E-state index contributed by atoms with van der Waals surface area (Å²) < 4.78 is 11.7. The smallest absolute Gasteiger partial charge is 0.231 e. The molecule has 1 fully saturated rings. The van der Waals surface area contributed by atoms with Crippen LogP contribution in [0.5, 0.6) is 0 Å². The van der Waals surface area contributed by atoms with Gasteiger partial charge in [-0.3, -0.25) is 0 Å². The normalized spacial score (nSPS) is 23.1. The second kappa shape index (κ2) is 2.45. The third kappa shape index (κ3) is 0.923. The zero-order chi connectivity index (χ0) is 6.97. The van der Waals surface area contributed by atoms with Gasteiger partial charge in [0, 0.05) is 3.58 Å². The molecule has 0 saturated carbocycles. The van der Waals surface area contributed by atoms with Crippen molar-refractivity contribution in [2.75, 3.05) is 6.79 Å². The van der Waals surface area contributed by atoms with Crippen molar-refractivity contribution in [1.82, 2.24) is 0 Å². The van der Waals surface area contributed by atoms with Gasteiger partial charge in [0.15, 0.2) is 11.5 Å². The molecule has 0 radical (unpaired) electrons. The number of fused-ring (bicyclic) bond motifs is 1. The van der Waals surface area contributed by atoms with Gasteiger partial charge in [-0.05, 0) is 41.5 Å². The van der Waals surface area contributed by atoms with Crippen LogP contribution in [0.25, 0.3) is 0 Å². The molecule has 10 heavy (non-hydrogen) atoms. The Kier molecular flexibility index (Phi) is 1.60. The molecular formula is C7H7IO2. The van der Waals surface area contributed by atoms with E-state index in [0.29, 0.717) is 6.79 Å². The summed E-state index contributed by atoms with van der Waals surface area (Å²) in [6.45, 7) is 0.396. The fourth-order valence-corrected chi connectivity index (χ4v) is 1.83. The van der Waals surface area contributed by atoms with Crippen molar-refractivity contribution in [3.05, 3.63) is 21.2 Å². The van der Waals surface area contributed by atoms with Crippen molar-refractivity contribution in [1.29, 1.82) is 0 Å². The predicted octanol–water partition coefficient (Wildman–Crippen LogP) is 2.32. The molecule has 0 aromatic rings. The molecule has 1 heterocycles. The van der Waals surface area contributed by atoms with Crippen LogP contribution in [0.2, 0.25) is 0 Å². The number of halogens is 1. The Hall–Kier alpha value is -0.190. The molecule has 3 heteroatoms. The van der Waals surface area contributed by atoms with Gasteiger partial charge in [0.25, 0.3) is 0 Å². The SMILES string of the molecule is IC1=C2OCOC2=CCC1. The van der Waals surface area contributed by atoms with Crippen molar-refractivity contribution in [2.45, 2.75) is 12.8 Å². The van der Waals surface area contributed by atoms with Gasteiger partial charge >= 0.3 is 0 Å². The third-order valence-corrected chi connectivity index (χ3v) is 2.61. The molecule has 0 aromatic heterocycles. The van der Waals surface area contributed by atoms with Crippen molar-refractivity contribution in [2.24, 2.45) is 0 Å². The van der Waals surface area contributed by atoms with Gasteiger partial charge in [0.2, 0.25) is 6.79 Å². The highest BCUT2D eigenvalue weighted by atomic mass is 127. The van der Waals surface area contributed by atoms with E-state index in [0.717, 1.165) is 24.4 Å². The van der Waals surface area contributed by atoms with Crippen molar-refractivity contribution >= 4 is 22.6 Å². The Morgan fingerprint density at radius 3 is 3.10 bits per heavy atom. The van der Waals surface area contributed by atoms with E-state index in [1.807, 2.05) is 0 Å². The molecule has 2 nitrogen and oxygen atoms in total. The van der Waals surface area contributed by atoms with Gasteiger partial charge in [-0.2, -0.15) is 0 Å². The Morgan fingerprint density at radius 1 is 1.40 bits per heavy atom. The zero-order valence-corrected chi connectivity index (χ0v) is 7.55. The molecule has 0 amide bonds. The maximum atomic E-state index is 5.25. The van der Waals surface area contributed by atoms with E-state index in [1.54, 1.807) is 0 Å². The highest BCUT2D eigenvalue weighted by molar-refractivity contribution is 14.1. The first-order valence-corrected chi connectivity index (χ1v) is 4.30. The van der Waals surface area contributed by atoms with E-state index < -0.39 is 0 Å². The van der Waals surface area contributed by atoms with Crippen LogP contribution in [0.1, 0.15) is 12.8 Å². The molecule has 1 aliphatic carbocycles. The number of allylic oxidation sites excluding steroid dienone is 2. The molecular weight excluding hydrogens is 243 g/mol. The van der Waals surface area contributed by atoms with Crippen LogP contribution >= 0.6 is 22.6 Å². The van der Waals surface area contributed by atoms with Crippen molar-refractivity contribution in [3.8, 4) is 0 Å². The highest BCUT2D eigenvalue weighted by Crippen LogP contribution is 2.34. The average molecular weight is 250 g/mol. The van der Waals surface area contributed by atoms with Crippen LogP contribution in [-0.2, 0) is 9.47 Å². The van der Waals surface area contributed by atoms with E-state index in [-0.39, 0.29) is 0 Å². The number of ether oxygens (including phenoxy) is 2. The molecule has 0 unspecified atom stereocenters.